The second-order valence-corrected chi connectivity index (χ2v) is 4.68. The minimum atomic E-state index is -0.362. The Balaban J connectivity index is 2.07. The van der Waals surface area contributed by atoms with Gasteiger partial charge in [-0.2, -0.15) is 0 Å². The summed E-state index contributed by atoms with van der Waals surface area (Å²) in [6.07, 6.45) is 0.179. The number of anilines is 1. The maximum atomic E-state index is 11.9. The normalized spacial score (nSPS) is 10.4. The minimum Gasteiger partial charge on any atom is -0.466 e. The predicted octanol–water partition coefficient (Wildman–Crippen LogP) is 2.83. The van der Waals surface area contributed by atoms with Gasteiger partial charge >= 0.3 is 5.97 Å². The van der Waals surface area contributed by atoms with Gasteiger partial charge in [0.25, 0.3) is 0 Å². The third-order valence-corrected chi connectivity index (χ3v) is 3.00. The lowest BCUT2D eigenvalue weighted by Crippen LogP contribution is -2.15. The first-order chi connectivity index (χ1) is 10.1. The molecule has 0 saturated heterocycles. The number of esters is 1. The van der Waals surface area contributed by atoms with Crippen molar-refractivity contribution in [3.05, 3.63) is 36.0 Å². The molecule has 110 valence electrons. The van der Waals surface area contributed by atoms with Gasteiger partial charge < -0.3 is 10.1 Å². The highest BCUT2D eigenvalue weighted by atomic mass is 16.5. The van der Waals surface area contributed by atoms with E-state index in [4.69, 9.17) is 4.74 Å². The van der Waals surface area contributed by atoms with Crippen LogP contribution in [0.15, 0.2) is 30.3 Å². The van der Waals surface area contributed by atoms with Crippen molar-refractivity contribution in [3.63, 3.8) is 0 Å². The predicted molar refractivity (Wildman–Crippen MR) is 81.0 cm³/mol. The number of aryl methyl sites for hydroxylation is 1. The van der Waals surface area contributed by atoms with Crippen LogP contribution in [-0.4, -0.2) is 23.5 Å². The molecule has 1 N–H and O–H groups in total. The van der Waals surface area contributed by atoms with E-state index in [1.807, 2.05) is 31.2 Å². The number of amides is 1. The van der Waals surface area contributed by atoms with Gasteiger partial charge in [0.2, 0.25) is 5.91 Å². The van der Waals surface area contributed by atoms with E-state index >= 15 is 0 Å². The summed E-state index contributed by atoms with van der Waals surface area (Å²) in [6.45, 7) is 3.97. The molecule has 0 saturated carbocycles. The lowest BCUT2D eigenvalue weighted by molar-refractivity contribution is -0.144. The number of benzene rings is 1. The lowest BCUT2D eigenvalue weighted by Gasteiger charge is -2.08. The van der Waals surface area contributed by atoms with Crippen LogP contribution in [0.25, 0.3) is 10.9 Å². The van der Waals surface area contributed by atoms with Crippen molar-refractivity contribution in [3.8, 4) is 0 Å². The fraction of sp³-hybridized carbons (Fsp3) is 0.312. The SMILES string of the molecule is CCOC(=O)CCC(=O)Nc1cccc2ccc(C)nc12. The van der Waals surface area contributed by atoms with Gasteiger partial charge in [-0.1, -0.05) is 18.2 Å². The van der Waals surface area contributed by atoms with Gasteiger partial charge in [0, 0.05) is 17.5 Å². The van der Waals surface area contributed by atoms with Crippen LogP contribution in [0.5, 0.6) is 0 Å². The van der Waals surface area contributed by atoms with E-state index < -0.39 is 0 Å². The zero-order valence-corrected chi connectivity index (χ0v) is 12.2. The quantitative estimate of drug-likeness (QED) is 0.858. The molecule has 0 fully saturated rings. The number of aromatic nitrogens is 1. The molecule has 2 rings (SSSR count). The van der Waals surface area contributed by atoms with E-state index in [-0.39, 0.29) is 24.7 Å². The van der Waals surface area contributed by atoms with E-state index in [0.717, 1.165) is 16.6 Å². The number of para-hydroxylation sites is 1. The Morgan fingerprint density at radius 2 is 2.00 bits per heavy atom. The lowest BCUT2D eigenvalue weighted by atomic mass is 10.1. The largest absolute Gasteiger partial charge is 0.466 e. The average molecular weight is 286 g/mol. The molecule has 5 nitrogen and oxygen atoms in total. The standard InChI is InChI=1S/C16H18N2O3/c1-3-21-15(20)10-9-14(19)18-13-6-4-5-12-8-7-11(2)17-16(12)13/h4-8H,3,9-10H2,1-2H3,(H,18,19). The molecule has 0 aliphatic rings. The summed E-state index contributed by atoms with van der Waals surface area (Å²) in [5.41, 5.74) is 2.29. The molecule has 5 heteroatoms. The van der Waals surface area contributed by atoms with Gasteiger partial charge in [-0.25, -0.2) is 0 Å². The molecule has 21 heavy (non-hydrogen) atoms. The zero-order chi connectivity index (χ0) is 15.2. The van der Waals surface area contributed by atoms with Crippen LogP contribution in [0.1, 0.15) is 25.5 Å². The molecule has 0 spiro atoms. The van der Waals surface area contributed by atoms with Crippen LogP contribution >= 0.6 is 0 Å². The van der Waals surface area contributed by atoms with Crippen molar-refractivity contribution in [1.29, 1.82) is 0 Å². The van der Waals surface area contributed by atoms with Crippen LogP contribution in [0.3, 0.4) is 0 Å². The summed E-state index contributed by atoms with van der Waals surface area (Å²) in [5.74, 6) is -0.585. The van der Waals surface area contributed by atoms with Crippen molar-refractivity contribution in [1.82, 2.24) is 4.98 Å². The summed E-state index contributed by atoms with van der Waals surface area (Å²) in [4.78, 5) is 27.6. The van der Waals surface area contributed by atoms with Gasteiger partial charge in [-0.3, -0.25) is 14.6 Å². The molecule has 1 aromatic carbocycles. The van der Waals surface area contributed by atoms with Crippen molar-refractivity contribution in [2.45, 2.75) is 26.7 Å². The first-order valence-electron chi connectivity index (χ1n) is 6.92. The van der Waals surface area contributed by atoms with Gasteiger partial charge in [-0.15, -0.1) is 0 Å². The molecule has 0 atom stereocenters. The first-order valence-corrected chi connectivity index (χ1v) is 6.92. The topological polar surface area (TPSA) is 68.3 Å². The molecule has 1 amide bonds. The summed E-state index contributed by atoms with van der Waals surface area (Å²) in [7, 11) is 0. The van der Waals surface area contributed by atoms with Crippen molar-refractivity contribution >= 4 is 28.5 Å². The van der Waals surface area contributed by atoms with Crippen LogP contribution in [0.2, 0.25) is 0 Å². The van der Waals surface area contributed by atoms with Crippen LogP contribution in [-0.2, 0) is 14.3 Å². The minimum absolute atomic E-state index is 0.0803. The molecule has 1 aromatic heterocycles. The maximum Gasteiger partial charge on any atom is 0.306 e. The molecular weight excluding hydrogens is 268 g/mol. The number of hydrogen-bond donors (Lipinski definition) is 1. The molecular formula is C16H18N2O3. The molecule has 0 radical (unpaired) electrons. The Bertz CT molecular complexity index is 668. The number of pyridine rings is 1. The Morgan fingerprint density at radius 3 is 2.76 bits per heavy atom. The van der Waals surface area contributed by atoms with Gasteiger partial charge in [0.15, 0.2) is 0 Å². The highest BCUT2D eigenvalue weighted by molar-refractivity contribution is 6.00. The van der Waals surface area contributed by atoms with Crippen LogP contribution in [0.4, 0.5) is 5.69 Å². The van der Waals surface area contributed by atoms with E-state index in [9.17, 15) is 9.59 Å². The molecule has 1 heterocycles. The van der Waals surface area contributed by atoms with Gasteiger partial charge in [0.1, 0.15) is 0 Å². The number of ether oxygens (including phenoxy) is 1. The molecule has 2 aromatic rings. The smallest absolute Gasteiger partial charge is 0.306 e. The second kappa shape index (κ2) is 6.83. The summed E-state index contributed by atoms with van der Waals surface area (Å²) in [5, 5.41) is 3.76. The van der Waals surface area contributed by atoms with E-state index in [1.165, 1.54) is 0 Å². The summed E-state index contributed by atoms with van der Waals surface area (Å²) < 4.78 is 4.80. The van der Waals surface area contributed by atoms with Gasteiger partial charge in [0.05, 0.1) is 24.2 Å². The number of hydrogen-bond acceptors (Lipinski definition) is 4. The fourth-order valence-corrected chi connectivity index (χ4v) is 2.01. The maximum absolute atomic E-state index is 11.9. The Labute approximate surface area is 123 Å². The number of carbonyl (C=O) groups is 2. The highest BCUT2D eigenvalue weighted by Gasteiger charge is 2.10. The van der Waals surface area contributed by atoms with Crippen molar-refractivity contribution in [2.24, 2.45) is 0 Å². The Hall–Kier alpha value is -2.43. The molecule has 0 aliphatic heterocycles. The van der Waals surface area contributed by atoms with Crippen LogP contribution < -0.4 is 5.32 Å². The number of rotatable bonds is 5. The third-order valence-electron chi connectivity index (χ3n) is 3.00. The first kappa shape index (κ1) is 15.0. The second-order valence-electron chi connectivity index (χ2n) is 4.68. The molecule has 0 unspecified atom stereocenters. The van der Waals surface area contributed by atoms with Gasteiger partial charge in [-0.05, 0) is 26.0 Å². The number of fused-ring (bicyclic) bond motifs is 1. The number of nitrogens with zero attached hydrogens (tertiary/aromatic N) is 1. The summed E-state index contributed by atoms with van der Waals surface area (Å²) >= 11 is 0. The Morgan fingerprint density at radius 1 is 1.19 bits per heavy atom. The van der Waals surface area contributed by atoms with E-state index in [1.54, 1.807) is 13.0 Å². The van der Waals surface area contributed by atoms with E-state index in [2.05, 4.69) is 10.3 Å². The fourth-order valence-electron chi connectivity index (χ4n) is 2.01. The van der Waals surface area contributed by atoms with Crippen LogP contribution in [0, 0.1) is 6.92 Å². The number of nitrogens with one attached hydrogen (secondary N) is 1. The zero-order valence-electron chi connectivity index (χ0n) is 12.2. The Kier molecular flexibility index (Phi) is 4.87. The highest BCUT2D eigenvalue weighted by Crippen LogP contribution is 2.21. The molecule has 0 aliphatic carbocycles. The van der Waals surface area contributed by atoms with E-state index in [0.29, 0.717) is 12.3 Å². The summed E-state index contributed by atoms with van der Waals surface area (Å²) in [6, 6.07) is 9.49. The third kappa shape index (κ3) is 4.02. The number of carbonyl (C=O) groups excluding carboxylic acids is 2. The monoisotopic (exact) mass is 286 g/mol. The average Bonchev–Trinajstić information content (AvgIpc) is 2.46. The molecule has 0 bridgehead atoms. The van der Waals surface area contributed by atoms with Crippen molar-refractivity contribution in [2.75, 3.05) is 11.9 Å². The van der Waals surface area contributed by atoms with Crippen molar-refractivity contribution < 1.29 is 14.3 Å².